The quantitative estimate of drug-likeness (QED) is 0.832. The Kier molecular flexibility index (Phi) is 5.50. The van der Waals surface area contributed by atoms with E-state index < -0.39 is 18.0 Å². The van der Waals surface area contributed by atoms with Crippen LogP contribution < -0.4 is 5.32 Å². The average Bonchev–Trinajstić information content (AvgIpc) is 2.56. The molecule has 0 fully saturated rings. The van der Waals surface area contributed by atoms with Crippen LogP contribution >= 0.6 is 15.9 Å². The van der Waals surface area contributed by atoms with Crippen LogP contribution in [0.1, 0.15) is 22.8 Å². The second-order valence-electron chi connectivity index (χ2n) is 4.73. The van der Waals surface area contributed by atoms with Gasteiger partial charge in [0.25, 0.3) is 5.91 Å². The van der Waals surface area contributed by atoms with E-state index in [2.05, 4.69) is 21.2 Å². The Morgan fingerprint density at radius 3 is 2.30 bits per heavy atom. The highest BCUT2D eigenvalue weighted by atomic mass is 79.9. The molecule has 2 rings (SSSR count). The van der Waals surface area contributed by atoms with Crippen molar-refractivity contribution >= 4 is 33.5 Å². The Morgan fingerprint density at radius 1 is 1.13 bits per heavy atom. The molecule has 1 atom stereocenters. The lowest BCUT2D eigenvalue weighted by atomic mass is 10.1. The van der Waals surface area contributed by atoms with Gasteiger partial charge in [0.2, 0.25) is 0 Å². The fraction of sp³-hybridized carbons (Fsp3) is 0.118. The fourth-order valence-electron chi connectivity index (χ4n) is 1.74. The van der Waals surface area contributed by atoms with Gasteiger partial charge in [-0.1, -0.05) is 15.9 Å². The summed E-state index contributed by atoms with van der Waals surface area (Å²) in [7, 11) is 0. The van der Waals surface area contributed by atoms with Gasteiger partial charge in [-0.25, -0.2) is 4.79 Å². The van der Waals surface area contributed by atoms with E-state index in [-0.39, 0.29) is 5.56 Å². The van der Waals surface area contributed by atoms with Crippen molar-refractivity contribution in [1.82, 2.24) is 0 Å². The summed E-state index contributed by atoms with van der Waals surface area (Å²) in [5, 5.41) is 11.4. The molecule has 0 aliphatic carbocycles. The van der Waals surface area contributed by atoms with Gasteiger partial charge in [-0.15, -0.1) is 0 Å². The van der Waals surface area contributed by atoms with Crippen molar-refractivity contribution in [3.63, 3.8) is 0 Å². The topological polar surface area (TPSA) is 79.2 Å². The molecule has 0 saturated carbocycles. The number of anilines is 1. The van der Waals surface area contributed by atoms with Crippen LogP contribution in [0.4, 0.5) is 5.69 Å². The van der Waals surface area contributed by atoms with Crippen LogP contribution in [0, 0.1) is 11.3 Å². The van der Waals surface area contributed by atoms with Gasteiger partial charge in [0.05, 0.1) is 17.2 Å². The minimum Gasteiger partial charge on any atom is -0.449 e. The van der Waals surface area contributed by atoms with Gasteiger partial charge < -0.3 is 10.1 Å². The Morgan fingerprint density at radius 2 is 1.74 bits per heavy atom. The number of nitriles is 1. The van der Waals surface area contributed by atoms with E-state index in [9.17, 15) is 9.59 Å². The first-order valence-electron chi connectivity index (χ1n) is 6.77. The summed E-state index contributed by atoms with van der Waals surface area (Å²) in [5.74, 6) is -1.04. The minimum absolute atomic E-state index is 0.285. The van der Waals surface area contributed by atoms with Crippen molar-refractivity contribution in [2.24, 2.45) is 0 Å². The zero-order valence-corrected chi connectivity index (χ0v) is 13.8. The molecule has 2 aromatic rings. The summed E-state index contributed by atoms with van der Waals surface area (Å²) in [5.41, 5.74) is 1.34. The first-order chi connectivity index (χ1) is 11.0. The standard InChI is InChI=1S/C17H13BrN2O3/c1-11(16(21)20-15-8-6-14(18)7-9-15)23-17(22)13-4-2-12(10-19)3-5-13/h2-9,11H,1H3,(H,20,21)/t11-/m0/s1. The summed E-state index contributed by atoms with van der Waals surface area (Å²) in [6.07, 6.45) is -0.943. The molecule has 0 aliphatic rings. The summed E-state index contributed by atoms with van der Waals surface area (Å²) >= 11 is 3.31. The molecule has 6 heteroatoms. The number of ether oxygens (including phenoxy) is 1. The molecule has 2 aromatic carbocycles. The van der Waals surface area contributed by atoms with Gasteiger partial charge in [0.1, 0.15) is 0 Å². The number of nitrogens with zero attached hydrogens (tertiary/aromatic N) is 1. The zero-order valence-electron chi connectivity index (χ0n) is 12.2. The molecule has 0 saturated heterocycles. The van der Waals surface area contributed by atoms with E-state index >= 15 is 0 Å². The van der Waals surface area contributed by atoms with Crippen LogP contribution in [-0.4, -0.2) is 18.0 Å². The molecule has 116 valence electrons. The van der Waals surface area contributed by atoms with Crippen molar-refractivity contribution in [3.05, 3.63) is 64.1 Å². The Labute approximate surface area is 142 Å². The van der Waals surface area contributed by atoms with Crippen molar-refractivity contribution in [1.29, 1.82) is 5.26 Å². The van der Waals surface area contributed by atoms with Crippen LogP contribution in [0.15, 0.2) is 53.0 Å². The lowest BCUT2D eigenvalue weighted by molar-refractivity contribution is -0.123. The second-order valence-corrected chi connectivity index (χ2v) is 5.65. The number of hydrogen-bond acceptors (Lipinski definition) is 4. The summed E-state index contributed by atoms with van der Waals surface area (Å²) in [4.78, 5) is 24.0. The average molecular weight is 373 g/mol. The Bertz CT molecular complexity index is 749. The molecule has 1 amide bonds. The summed E-state index contributed by atoms with van der Waals surface area (Å²) in [6, 6.07) is 15.0. The van der Waals surface area contributed by atoms with Crippen molar-refractivity contribution in [2.75, 3.05) is 5.32 Å². The Balaban J connectivity index is 1.95. The molecular weight excluding hydrogens is 360 g/mol. The number of amides is 1. The lowest BCUT2D eigenvalue weighted by Gasteiger charge is -2.13. The van der Waals surface area contributed by atoms with Crippen LogP contribution in [0.25, 0.3) is 0 Å². The first-order valence-corrected chi connectivity index (χ1v) is 7.56. The predicted octanol–water partition coefficient (Wildman–Crippen LogP) is 3.50. The van der Waals surface area contributed by atoms with Gasteiger partial charge in [-0.05, 0) is 55.5 Å². The maximum Gasteiger partial charge on any atom is 0.338 e. The SMILES string of the molecule is C[C@H](OC(=O)c1ccc(C#N)cc1)C(=O)Nc1ccc(Br)cc1. The third-order valence-corrected chi connectivity index (χ3v) is 3.54. The number of nitrogens with one attached hydrogen (secondary N) is 1. The number of esters is 1. The van der Waals surface area contributed by atoms with Crippen LogP contribution in [0.5, 0.6) is 0 Å². The zero-order chi connectivity index (χ0) is 16.8. The summed E-state index contributed by atoms with van der Waals surface area (Å²) < 4.78 is 6.02. The number of carbonyl (C=O) groups excluding carboxylic acids is 2. The normalized spacial score (nSPS) is 11.2. The van der Waals surface area contributed by atoms with Crippen LogP contribution in [0.3, 0.4) is 0 Å². The molecule has 0 radical (unpaired) electrons. The molecule has 0 heterocycles. The third-order valence-electron chi connectivity index (χ3n) is 3.01. The number of carbonyl (C=O) groups is 2. The molecule has 0 unspecified atom stereocenters. The smallest absolute Gasteiger partial charge is 0.338 e. The number of halogens is 1. The van der Waals surface area contributed by atoms with Crippen molar-refractivity contribution in [2.45, 2.75) is 13.0 Å². The van der Waals surface area contributed by atoms with Crippen molar-refractivity contribution in [3.8, 4) is 6.07 Å². The van der Waals surface area contributed by atoms with Gasteiger partial charge in [-0.3, -0.25) is 4.79 Å². The Hall–Kier alpha value is -2.65. The first kappa shape index (κ1) is 16.7. The molecule has 0 spiro atoms. The fourth-order valence-corrected chi connectivity index (χ4v) is 2.00. The number of rotatable bonds is 4. The largest absolute Gasteiger partial charge is 0.449 e. The second kappa shape index (κ2) is 7.56. The molecule has 0 aromatic heterocycles. The predicted molar refractivity (Wildman–Crippen MR) is 88.8 cm³/mol. The van der Waals surface area contributed by atoms with Gasteiger partial charge in [0.15, 0.2) is 6.10 Å². The highest BCUT2D eigenvalue weighted by molar-refractivity contribution is 9.10. The van der Waals surface area contributed by atoms with Crippen LogP contribution in [0.2, 0.25) is 0 Å². The molecular formula is C17H13BrN2O3. The van der Waals surface area contributed by atoms with Gasteiger partial charge in [-0.2, -0.15) is 5.26 Å². The van der Waals surface area contributed by atoms with E-state index in [1.165, 1.54) is 31.2 Å². The molecule has 5 nitrogen and oxygen atoms in total. The maximum absolute atomic E-state index is 12.0. The molecule has 1 N–H and O–H groups in total. The van der Waals surface area contributed by atoms with E-state index in [0.29, 0.717) is 11.3 Å². The molecule has 0 aliphatic heterocycles. The van der Waals surface area contributed by atoms with Crippen molar-refractivity contribution < 1.29 is 14.3 Å². The van der Waals surface area contributed by atoms with Gasteiger partial charge >= 0.3 is 5.97 Å². The minimum atomic E-state index is -0.943. The van der Waals surface area contributed by atoms with Gasteiger partial charge in [0, 0.05) is 10.2 Å². The summed E-state index contributed by atoms with van der Waals surface area (Å²) in [6.45, 7) is 1.50. The lowest BCUT2D eigenvalue weighted by Crippen LogP contribution is -2.29. The van der Waals surface area contributed by atoms with E-state index in [4.69, 9.17) is 10.00 Å². The number of hydrogen-bond donors (Lipinski definition) is 1. The highest BCUT2D eigenvalue weighted by Crippen LogP contribution is 2.15. The number of benzene rings is 2. The van der Waals surface area contributed by atoms with Crippen LogP contribution in [-0.2, 0) is 9.53 Å². The van der Waals surface area contributed by atoms with E-state index in [1.54, 1.807) is 24.3 Å². The molecule has 0 bridgehead atoms. The third kappa shape index (κ3) is 4.66. The van der Waals surface area contributed by atoms with E-state index in [1.807, 2.05) is 6.07 Å². The highest BCUT2D eigenvalue weighted by Gasteiger charge is 2.19. The monoisotopic (exact) mass is 372 g/mol. The van der Waals surface area contributed by atoms with E-state index in [0.717, 1.165) is 4.47 Å². The maximum atomic E-state index is 12.0. The molecule has 23 heavy (non-hydrogen) atoms.